The lowest BCUT2D eigenvalue weighted by Gasteiger charge is -2.21. The van der Waals surface area contributed by atoms with Crippen LogP contribution in [0.25, 0.3) is 0 Å². The van der Waals surface area contributed by atoms with Gasteiger partial charge < -0.3 is 29.8 Å². The highest BCUT2D eigenvalue weighted by atomic mass is 16.5. The van der Waals surface area contributed by atoms with E-state index in [-0.39, 0.29) is 11.7 Å². The van der Waals surface area contributed by atoms with E-state index in [0.29, 0.717) is 18.2 Å². The fourth-order valence-electron chi connectivity index (χ4n) is 3.35. The van der Waals surface area contributed by atoms with Gasteiger partial charge in [0.2, 0.25) is 0 Å². The van der Waals surface area contributed by atoms with Crippen LogP contribution in [0, 0.1) is 5.92 Å². The van der Waals surface area contributed by atoms with E-state index >= 15 is 0 Å². The van der Waals surface area contributed by atoms with Crippen molar-refractivity contribution in [3.8, 4) is 0 Å². The molecule has 174 valence electrons. The van der Waals surface area contributed by atoms with Crippen LogP contribution in [0.2, 0.25) is 0 Å². The molecule has 0 aliphatic carbocycles. The summed E-state index contributed by atoms with van der Waals surface area (Å²) >= 11 is 0. The summed E-state index contributed by atoms with van der Waals surface area (Å²) in [5.41, 5.74) is 1.77. The van der Waals surface area contributed by atoms with Crippen molar-refractivity contribution in [2.75, 3.05) is 44.8 Å². The largest absolute Gasteiger partial charge is 0.459 e. The number of guanidine groups is 1. The highest BCUT2D eigenvalue weighted by Gasteiger charge is 2.13. The minimum Gasteiger partial charge on any atom is -0.459 e. The van der Waals surface area contributed by atoms with Gasteiger partial charge in [0.15, 0.2) is 11.7 Å². The van der Waals surface area contributed by atoms with Crippen LogP contribution in [0.4, 0.5) is 5.69 Å². The van der Waals surface area contributed by atoms with Gasteiger partial charge >= 0.3 is 0 Å². The maximum Gasteiger partial charge on any atom is 0.291 e. The standard InChI is InChI=1S/C24H34N4O4/c1-2-25-24(26-12-4-13-31-18-20-10-15-30-16-11-20)27-17-19-6-8-21(9-7-19)28-23(29)22-5-3-14-32-22/h3,5-9,14,20H,2,4,10-13,15-18H2,1H3,(H,28,29)(H2,25,26,27). The Kier molecular flexibility index (Phi) is 10.1. The van der Waals surface area contributed by atoms with Crippen molar-refractivity contribution in [1.82, 2.24) is 10.6 Å². The van der Waals surface area contributed by atoms with Crippen LogP contribution in [0.15, 0.2) is 52.1 Å². The van der Waals surface area contributed by atoms with E-state index in [0.717, 1.165) is 70.3 Å². The molecular formula is C24H34N4O4. The number of carbonyl (C=O) groups excluding carboxylic acids is 1. The Hall–Kier alpha value is -2.84. The lowest BCUT2D eigenvalue weighted by Crippen LogP contribution is -2.38. The molecule has 3 rings (SSSR count). The third-order valence-corrected chi connectivity index (χ3v) is 5.17. The van der Waals surface area contributed by atoms with E-state index in [1.54, 1.807) is 12.1 Å². The number of nitrogens with one attached hydrogen (secondary N) is 3. The average Bonchev–Trinajstić information content (AvgIpc) is 3.36. The molecule has 3 N–H and O–H groups in total. The molecule has 0 atom stereocenters. The van der Waals surface area contributed by atoms with Crippen LogP contribution in [0.5, 0.6) is 0 Å². The van der Waals surface area contributed by atoms with Gasteiger partial charge in [0, 0.05) is 45.2 Å². The van der Waals surface area contributed by atoms with Gasteiger partial charge in [-0.25, -0.2) is 4.99 Å². The number of rotatable bonds is 11. The lowest BCUT2D eigenvalue weighted by atomic mass is 10.0. The first-order valence-electron chi connectivity index (χ1n) is 11.4. The summed E-state index contributed by atoms with van der Waals surface area (Å²) < 4.78 is 16.3. The van der Waals surface area contributed by atoms with E-state index in [2.05, 4.69) is 20.9 Å². The summed E-state index contributed by atoms with van der Waals surface area (Å²) in [5.74, 6) is 1.44. The predicted molar refractivity (Wildman–Crippen MR) is 125 cm³/mol. The van der Waals surface area contributed by atoms with Gasteiger partial charge in [-0.05, 0) is 61.9 Å². The predicted octanol–water partition coefficient (Wildman–Crippen LogP) is 3.42. The minimum absolute atomic E-state index is 0.267. The van der Waals surface area contributed by atoms with Crippen molar-refractivity contribution >= 4 is 17.6 Å². The van der Waals surface area contributed by atoms with E-state index < -0.39 is 0 Å². The number of hydrogen-bond donors (Lipinski definition) is 3. The summed E-state index contributed by atoms with van der Waals surface area (Å²) in [4.78, 5) is 16.7. The van der Waals surface area contributed by atoms with Gasteiger partial charge in [-0.15, -0.1) is 0 Å². The van der Waals surface area contributed by atoms with Crippen LogP contribution in [0.1, 0.15) is 42.3 Å². The van der Waals surface area contributed by atoms with Crippen LogP contribution >= 0.6 is 0 Å². The Labute approximate surface area is 189 Å². The minimum atomic E-state index is -0.267. The molecule has 32 heavy (non-hydrogen) atoms. The number of amides is 1. The van der Waals surface area contributed by atoms with E-state index in [1.165, 1.54) is 6.26 Å². The monoisotopic (exact) mass is 442 g/mol. The molecule has 8 heteroatoms. The number of carbonyl (C=O) groups is 1. The number of ether oxygens (including phenoxy) is 2. The normalized spacial score (nSPS) is 14.8. The summed E-state index contributed by atoms with van der Waals surface area (Å²) in [6, 6.07) is 11.0. The Morgan fingerprint density at radius 3 is 2.69 bits per heavy atom. The number of benzene rings is 1. The molecule has 1 aliphatic rings. The summed E-state index contributed by atoms with van der Waals surface area (Å²) in [6.45, 7) is 7.49. The quantitative estimate of drug-likeness (QED) is 0.280. The fourth-order valence-corrected chi connectivity index (χ4v) is 3.35. The zero-order chi connectivity index (χ0) is 22.4. The third kappa shape index (κ3) is 8.36. The highest BCUT2D eigenvalue weighted by Crippen LogP contribution is 2.15. The van der Waals surface area contributed by atoms with Crippen molar-refractivity contribution in [3.63, 3.8) is 0 Å². The first kappa shape index (κ1) is 23.8. The molecule has 0 saturated carbocycles. The van der Waals surface area contributed by atoms with Crippen molar-refractivity contribution in [2.45, 2.75) is 32.7 Å². The van der Waals surface area contributed by atoms with Crippen LogP contribution in [-0.4, -0.2) is 51.4 Å². The second-order valence-corrected chi connectivity index (χ2v) is 7.73. The summed E-state index contributed by atoms with van der Waals surface area (Å²) in [7, 11) is 0. The SMILES string of the molecule is CCNC(=NCc1ccc(NC(=O)c2ccco2)cc1)NCCCOCC1CCOCC1. The van der Waals surface area contributed by atoms with Gasteiger partial charge in [0.05, 0.1) is 12.8 Å². The Morgan fingerprint density at radius 1 is 1.16 bits per heavy atom. The first-order chi connectivity index (χ1) is 15.7. The zero-order valence-corrected chi connectivity index (χ0v) is 18.8. The van der Waals surface area contributed by atoms with Crippen LogP contribution < -0.4 is 16.0 Å². The fraction of sp³-hybridized carbons (Fsp3) is 0.500. The number of anilines is 1. The van der Waals surface area contributed by atoms with E-state index in [4.69, 9.17) is 13.9 Å². The van der Waals surface area contributed by atoms with Crippen LogP contribution in [0.3, 0.4) is 0 Å². The second kappa shape index (κ2) is 13.5. The summed E-state index contributed by atoms with van der Waals surface area (Å²) in [5, 5.41) is 9.43. The molecule has 0 bridgehead atoms. The van der Waals surface area contributed by atoms with Crippen molar-refractivity contribution in [1.29, 1.82) is 0 Å². The second-order valence-electron chi connectivity index (χ2n) is 7.73. The number of aliphatic imine (C=N–C) groups is 1. The Morgan fingerprint density at radius 2 is 1.97 bits per heavy atom. The molecule has 1 aromatic carbocycles. The Bertz CT molecular complexity index is 815. The maximum absolute atomic E-state index is 12.0. The number of furan rings is 1. The molecule has 1 amide bonds. The van der Waals surface area contributed by atoms with E-state index in [9.17, 15) is 4.79 Å². The molecular weight excluding hydrogens is 408 g/mol. The molecule has 1 aromatic heterocycles. The van der Waals surface area contributed by atoms with Crippen LogP contribution in [-0.2, 0) is 16.0 Å². The van der Waals surface area contributed by atoms with E-state index in [1.807, 2.05) is 31.2 Å². The molecule has 8 nitrogen and oxygen atoms in total. The molecule has 0 radical (unpaired) electrons. The summed E-state index contributed by atoms with van der Waals surface area (Å²) in [6.07, 6.45) is 4.61. The van der Waals surface area contributed by atoms with Gasteiger partial charge in [0.1, 0.15) is 0 Å². The van der Waals surface area contributed by atoms with Crippen molar-refractivity contribution in [3.05, 3.63) is 54.0 Å². The smallest absolute Gasteiger partial charge is 0.291 e. The molecule has 1 aliphatic heterocycles. The molecule has 1 fully saturated rings. The molecule has 2 aromatic rings. The molecule has 1 saturated heterocycles. The maximum atomic E-state index is 12.0. The molecule has 2 heterocycles. The average molecular weight is 443 g/mol. The zero-order valence-electron chi connectivity index (χ0n) is 18.8. The molecule has 0 unspecified atom stereocenters. The first-order valence-corrected chi connectivity index (χ1v) is 11.4. The van der Waals surface area contributed by atoms with Crippen molar-refractivity contribution in [2.24, 2.45) is 10.9 Å². The molecule has 0 spiro atoms. The number of hydrogen-bond acceptors (Lipinski definition) is 5. The topological polar surface area (TPSA) is 97.1 Å². The lowest BCUT2D eigenvalue weighted by molar-refractivity contribution is 0.0203. The van der Waals surface area contributed by atoms with Crippen molar-refractivity contribution < 1.29 is 18.7 Å². The van der Waals surface area contributed by atoms with Gasteiger partial charge in [-0.3, -0.25) is 4.79 Å². The van der Waals surface area contributed by atoms with Gasteiger partial charge in [0.25, 0.3) is 5.91 Å². The third-order valence-electron chi connectivity index (χ3n) is 5.17. The van der Waals surface area contributed by atoms with Gasteiger partial charge in [-0.1, -0.05) is 12.1 Å². The Balaban J connectivity index is 1.36. The number of nitrogens with zero attached hydrogens (tertiary/aromatic N) is 1. The van der Waals surface area contributed by atoms with Gasteiger partial charge in [-0.2, -0.15) is 0 Å². The highest BCUT2D eigenvalue weighted by molar-refractivity contribution is 6.02.